The largest absolute Gasteiger partial charge is 0.469 e. The zero-order valence-electron chi connectivity index (χ0n) is 10.1. The van der Waals surface area contributed by atoms with Crippen molar-refractivity contribution in [3.05, 3.63) is 11.1 Å². The molecule has 0 aromatic heterocycles. The van der Waals surface area contributed by atoms with Crippen LogP contribution in [0.1, 0.15) is 39.5 Å². The minimum atomic E-state index is -0.201. The Bertz CT molecular complexity index is 381. The maximum absolute atomic E-state index is 11.9. The molecule has 0 amide bonds. The molecule has 2 rings (SSSR count). The molecule has 0 spiro atoms. The molecule has 2 aliphatic rings. The van der Waals surface area contributed by atoms with Gasteiger partial charge in [-0.05, 0) is 25.7 Å². The molecular formula is C13H18O3. The van der Waals surface area contributed by atoms with Crippen molar-refractivity contribution in [2.75, 3.05) is 7.11 Å². The van der Waals surface area contributed by atoms with E-state index in [1.165, 1.54) is 12.7 Å². The lowest BCUT2D eigenvalue weighted by molar-refractivity contribution is -0.142. The summed E-state index contributed by atoms with van der Waals surface area (Å²) in [5, 5.41) is 0. The number of esters is 1. The van der Waals surface area contributed by atoms with Crippen LogP contribution in [0.5, 0.6) is 0 Å². The Balaban J connectivity index is 2.34. The fourth-order valence-corrected chi connectivity index (χ4v) is 3.32. The topological polar surface area (TPSA) is 43.4 Å². The summed E-state index contributed by atoms with van der Waals surface area (Å²) in [6.07, 6.45) is 2.70. The van der Waals surface area contributed by atoms with E-state index in [2.05, 4.69) is 6.92 Å². The van der Waals surface area contributed by atoms with E-state index in [1.807, 2.05) is 6.92 Å². The standard InChI is InChI=1S/C13H18O3/c1-8-6-13(7-11(15)16-3)5-4-10(14)12(13)9(8)2/h8H,4-7H2,1-3H3/t8-,13-/m1/s1. The zero-order chi connectivity index (χ0) is 11.9. The van der Waals surface area contributed by atoms with Crippen LogP contribution >= 0.6 is 0 Å². The third-order valence-corrected chi connectivity index (χ3v) is 4.18. The van der Waals surface area contributed by atoms with Crippen molar-refractivity contribution in [3.8, 4) is 0 Å². The highest BCUT2D eigenvalue weighted by atomic mass is 16.5. The number of allylic oxidation sites excluding steroid dienone is 2. The van der Waals surface area contributed by atoms with Crippen LogP contribution in [0.2, 0.25) is 0 Å². The van der Waals surface area contributed by atoms with E-state index in [1.54, 1.807) is 0 Å². The normalized spacial score (nSPS) is 33.2. The number of ketones is 1. The first-order valence-electron chi connectivity index (χ1n) is 5.81. The van der Waals surface area contributed by atoms with Crippen molar-refractivity contribution in [1.29, 1.82) is 0 Å². The van der Waals surface area contributed by atoms with E-state index in [0.29, 0.717) is 18.8 Å². The molecule has 3 nitrogen and oxygen atoms in total. The van der Waals surface area contributed by atoms with Gasteiger partial charge < -0.3 is 4.74 Å². The predicted molar refractivity (Wildman–Crippen MR) is 59.8 cm³/mol. The van der Waals surface area contributed by atoms with Gasteiger partial charge in [0.25, 0.3) is 0 Å². The summed E-state index contributed by atoms with van der Waals surface area (Å²) in [5.41, 5.74) is 1.92. The Morgan fingerprint density at radius 3 is 2.88 bits per heavy atom. The summed E-state index contributed by atoms with van der Waals surface area (Å²) in [5.74, 6) is 0.462. The molecule has 1 saturated carbocycles. The lowest BCUT2D eigenvalue weighted by atomic mass is 9.78. The molecule has 0 unspecified atom stereocenters. The SMILES string of the molecule is COC(=O)C[C@]12CCC(=O)C1=C(C)[C@H](C)C2. The molecule has 0 heterocycles. The van der Waals surface area contributed by atoms with Gasteiger partial charge in [0.2, 0.25) is 0 Å². The molecule has 88 valence electrons. The molecule has 2 aliphatic carbocycles. The second-order valence-electron chi connectivity index (χ2n) is 5.12. The maximum Gasteiger partial charge on any atom is 0.306 e. The second-order valence-corrected chi connectivity index (χ2v) is 5.12. The van der Waals surface area contributed by atoms with Crippen LogP contribution in [-0.2, 0) is 14.3 Å². The van der Waals surface area contributed by atoms with Crippen molar-refractivity contribution < 1.29 is 14.3 Å². The van der Waals surface area contributed by atoms with Crippen molar-refractivity contribution in [2.24, 2.45) is 11.3 Å². The van der Waals surface area contributed by atoms with Gasteiger partial charge in [0, 0.05) is 17.4 Å². The maximum atomic E-state index is 11.9. The number of carbonyl (C=O) groups excluding carboxylic acids is 2. The monoisotopic (exact) mass is 222 g/mol. The van der Waals surface area contributed by atoms with Gasteiger partial charge in [0.05, 0.1) is 13.5 Å². The van der Waals surface area contributed by atoms with Crippen molar-refractivity contribution >= 4 is 11.8 Å². The first-order chi connectivity index (χ1) is 7.50. The highest BCUT2D eigenvalue weighted by Gasteiger charge is 2.50. The van der Waals surface area contributed by atoms with E-state index in [9.17, 15) is 9.59 Å². The van der Waals surface area contributed by atoms with Gasteiger partial charge in [0.15, 0.2) is 5.78 Å². The van der Waals surface area contributed by atoms with Crippen LogP contribution in [0.25, 0.3) is 0 Å². The molecule has 0 bridgehead atoms. The lowest BCUT2D eigenvalue weighted by Gasteiger charge is -2.24. The summed E-state index contributed by atoms with van der Waals surface area (Å²) in [6, 6.07) is 0. The van der Waals surface area contributed by atoms with E-state index in [4.69, 9.17) is 4.74 Å². The number of hydrogen-bond acceptors (Lipinski definition) is 3. The third-order valence-electron chi connectivity index (χ3n) is 4.18. The van der Waals surface area contributed by atoms with Gasteiger partial charge in [-0.25, -0.2) is 0 Å². The molecule has 0 saturated heterocycles. The molecule has 1 fully saturated rings. The van der Waals surface area contributed by atoms with Crippen molar-refractivity contribution in [1.82, 2.24) is 0 Å². The first kappa shape index (κ1) is 11.4. The molecule has 16 heavy (non-hydrogen) atoms. The van der Waals surface area contributed by atoms with Crippen LogP contribution in [0, 0.1) is 11.3 Å². The van der Waals surface area contributed by atoms with Crippen molar-refractivity contribution in [3.63, 3.8) is 0 Å². The van der Waals surface area contributed by atoms with Crippen LogP contribution in [0.4, 0.5) is 0 Å². The number of fused-ring (bicyclic) bond motifs is 1. The van der Waals surface area contributed by atoms with Gasteiger partial charge in [-0.15, -0.1) is 0 Å². The first-order valence-corrected chi connectivity index (χ1v) is 5.81. The number of ether oxygens (including phenoxy) is 1. The van der Waals surface area contributed by atoms with Crippen LogP contribution in [-0.4, -0.2) is 18.9 Å². The lowest BCUT2D eigenvalue weighted by Crippen LogP contribution is -2.22. The second kappa shape index (κ2) is 3.72. The van der Waals surface area contributed by atoms with Gasteiger partial charge in [-0.3, -0.25) is 9.59 Å². The molecule has 0 aromatic rings. The van der Waals surface area contributed by atoms with Gasteiger partial charge in [-0.2, -0.15) is 0 Å². The highest BCUT2D eigenvalue weighted by Crippen LogP contribution is 2.56. The average Bonchev–Trinajstić information content (AvgIpc) is 2.66. The Morgan fingerprint density at radius 1 is 1.56 bits per heavy atom. The molecule has 0 aliphatic heterocycles. The smallest absolute Gasteiger partial charge is 0.306 e. The van der Waals surface area contributed by atoms with Gasteiger partial charge in [-0.1, -0.05) is 12.5 Å². The summed E-state index contributed by atoms with van der Waals surface area (Å²) in [4.78, 5) is 23.3. The van der Waals surface area contributed by atoms with Gasteiger partial charge in [0.1, 0.15) is 0 Å². The number of hydrogen-bond donors (Lipinski definition) is 0. The molecule has 0 radical (unpaired) electrons. The molecule has 3 heteroatoms. The Hall–Kier alpha value is -1.12. The Kier molecular flexibility index (Phi) is 2.64. The number of methoxy groups -OCH3 is 1. The van der Waals surface area contributed by atoms with E-state index in [0.717, 1.165) is 18.4 Å². The number of rotatable bonds is 2. The van der Waals surface area contributed by atoms with Gasteiger partial charge >= 0.3 is 5.97 Å². The number of Topliss-reactive ketones (excluding diaryl/α,β-unsaturated/α-hetero) is 1. The molecule has 0 N–H and O–H groups in total. The number of carbonyl (C=O) groups is 2. The average molecular weight is 222 g/mol. The van der Waals surface area contributed by atoms with E-state index in [-0.39, 0.29) is 17.2 Å². The van der Waals surface area contributed by atoms with Crippen LogP contribution < -0.4 is 0 Å². The minimum Gasteiger partial charge on any atom is -0.469 e. The summed E-state index contributed by atoms with van der Waals surface area (Å²) in [7, 11) is 1.41. The van der Waals surface area contributed by atoms with Crippen molar-refractivity contribution in [2.45, 2.75) is 39.5 Å². The highest BCUT2D eigenvalue weighted by molar-refractivity contribution is 6.01. The van der Waals surface area contributed by atoms with E-state index >= 15 is 0 Å². The fraction of sp³-hybridized carbons (Fsp3) is 0.692. The molecular weight excluding hydrogens is 204 g/mol. The van der Waals surface area contributed by atoms with Crippen LogP contribution in [0.15, 0.2) is 11.1 Å². The summed E-state index contributed by atoms with van der Waals surface area (Å²) >= 11 is 0. The van der Waals surface area contributed by atoms with Crippen LogP contribution in [0.3, 0.4) is 0 Å². The minimum absolute atomic E-state index is 0.200. The summed E-state index contributed by atoms with van der Waals surface area (Å²) < 4.78 is 4.75. The fourth-order valence-electron chi connectivity index (χ4n) is 3.32. The quantitative estimate of drug-likeness (QED) is 0.673. The molecule has 2 atom stereocenters. The summed E-state index contributed by atoms with van der Waals surface area (Å²) in [6.45, 7) is 4.16. The Labute approximate surface area is 95.9 Å². The third kappa shape index (κ3) is 1.49. The zero-order valence-corrected chi connectivity index (χ0v) is 10.1. The predicted octanol–water partition coefficient (Wildman–Crippen LogP) is 2.26. The Morgan fingerprint density at radius 2 is 2.25 bits per heavy atom. The molecule has 0 aromatic carbocycles. The van der Waals surface area contributed by atoms with E-state index < -0.39 is 0 Å².